The predicted octanol–water partition coefficient (Wildman–Crippen LogP) is 6.71. The van der Waals surface area contributed by atoms with Crippen LogP contribution in [0, 0.1) is 0 Å². The first-order valence-electron chi connectivity index (χ1n) is 9.81. The van der Waals surface area contributed by atoms with Gasteiger partial charge in [0, 0.05) is 6.54 Å². The first kappa shape index (κ1) is 23.5. The number of rotatable bonds is 13. The third kappa shape index (κ3) is 17.1. The number of carbonyl (C=O) groups is 1. The zero-order chi connectivity index (χ0) is 18.9. The zero-order valence-electron chi connectivity index (χ0n) is 17.1. The number of alkyl carbamates (subject to hydrolysis) is 1. The van der Waals surface area contributed by atoms with Gasteiger partial charge in [0.25, 0.3) is 0 Å². The molecule has 25 heavy (non-hydrogen) atoms. The summed E-state index contributed by atoms with van der Waals surface area (Å²) in [5, 5.41) is 2.80. The van der Waals surface area contributed by atoms with Gasteiger partial charge in [0.1, 0.15) is 6.61 Å². The maximum atomic E-state index is 11.5. The van der Waals surface area contributed by atoms with Crippen LogP contribution in [0.4, 0.5) is 4.79 Å². The van der Waals surface area contributed by atoms with Gasteiger partial charge in [-0.3, -0.25) is 0 Å². The standard InChI is InChI=1S/C22H39NO2/c1-6-7-8-9-17-23-22(24)25-18-16-21(5)15-11-14-20(4)13-10-12-19(2)3/h12,14,16H,6-11,13,15,17-18H2,1-5H3,(H,23,24)/b20-14+,21-16+. The first-order chi connectivity index (χ1) is 12.0. The molecule has 3 nitrogen and oxygen atoms in total. The highest BCUT2D eigenvalue weighted by molar-refractivity contribution is 5.67. The normalized spacial score (nSPS) is 12.0. The Balaban J connectivity index is 3.80. The van der Waals surface area contributed by atoms with E-state index in [1.165, 1.54) is 29.6 Å². The number of ether oxygens (including phenoxy) is 1. The lowest BCUT2D eigenvalue weighted by atomic mass is 10.1. The van der Waals surface area contributed by atoms with Crippen molar-refractivity contribution in [1.82, 2.24) is 5.32 Å². The number of hydrogen-bond donors (Lipinski definition) is 1. The number of hydrogen-bond acceptors (Lipinski definition) is 2. The van der Waals surface area contributed by atoms with Crippen molar-refractivity contribution in [1.29, 1.82) is 0 Å². The molecule has 1 N–H and O–H groups in total. The summed E-state index contributed by atoms with van der Waals surface area (Å²) in [7, 11) is 0. The van der Waals surface area contributed by atoms with Crippen molar-refractivity contribution in [3.8, 4) is 0 Å². The van der Waals surface area contributed by atoms with Crippen molar-refractivity contribution in [3.63, 3.8) is 0 Å². The summed E-state index contributed by atoms with van der Waals surface area (Å²) in [5.74, 6) is 0. The summed E-state index contributed by atoms with van der Waals surface area (Å²) in [6, 6.07) is 0. The van der Waals surface area contributed by atoms with E-state index in [1.807, 2.05) is 6.08 Å². The van der Waals surface area contributed by atoms with Gasteiger partial charge < -0.3 is 10.1 Å². The fourth-order valence-electron chi connectivity index (χ4n) is 2.39. The van der Waals surface area contributed by atoms with Gasteiger partial charge in [0.2, 0.25) is 0 Å². The molecule has 144 valence electrons. The number of amides is 1. The lowest BCUT2D eigenvalue weighted by Crippen LogP contribution is -2.25. The molecule has 0 aliphatic carbocycles. The van der Waals surface area contributed by atoms with Gasteiger partial charge in [-0.05, 0) is 65.9 Å². The van der Waals surface area contributed by atoms with Crippen molar-refractivity contribution in [2.24, 2.45) is 0 Å². The second-order valence-corrected chi connectivity index (χ2v) is 7.05. The topological polar surface area (TPSA) is 38.3 Å². The second kappa shape index (κ2) is 16.0. The molecule has 0 aliphatic rings. The predicted molar refractivity (Wildman–Crippen MR) is 109 cm³/mol. The van der Waals surface area contributed by atoms with Gasteiger partial charge >= 0.3 is 6.09 Å². The van der Waals surface area contributed by atoms with E-state index >= 15 is 0 Å². The van der Waals surface area contributed by atoms with Gasteiger partial charge in [-0.15, -0.1) is 0 Å². The van der Waals surface area contributed by atoms with E-state index in [-0.39, 0.29) is 6.09 Å². The van der Waals surface area contributed by atoms with Gasteiger partial charge in [-0.25, -0.2) is 4.79 Å². The summed E-state index contributed by atoms with van der Waals surface area (Å²) in [6.07, 6.45) is 15.2. The molecule has 0 spiro atoms. The fraction of sp³-hybridized carbons (Fsp3) is 0.682. The molecular weight excluding hydrogens is 310 g/mol. The average Bonchev–Trinajstić information content (AvgIpc) is 2.54. The SMILES string of the molecule is CCCCCCNC(=O)OC/C=C(\C)CC/C=C(\C)CCC=C(C)C. The molecule has 0 aliphatic heterocycles. The number of carbonyl (C=O) groups excluding carboxylic acids is 1. The molecule has 1 amide bonds. The summed E-state index contributed by atoms with van der Waals surface area (Å²) in [5.41, 5.74) is 4.10. The molecule has 0 saturated heterocycles. The van der Waals surface area contributed by atoms with E-state index in [4.69, 9.17) is 4.74 Å². The molecule has 0 radical (unpaired) electrons. The molecule has 3 heteroatoms. The zero-order valence-corrected chi connectivity index (χ0v) is 17.1. The van der Waals surface area contributed by atoms with Crippen molar-refractivity contribution in [2.45, 2.75) is 86.0 Å². The third-order valence-corrected chi connectivity index (χ3v) is 4.07. The second-order valence-electron chi connectivity index (χ2n) is 7.05. The minimum absolute atomic E-state index is 0.310. The Hall–Kier alpha value is -1.51. The van der Waals surface area contributed by atoms with Crippen molar-refractivity contribution >= 4 is 6.09 Å². The molecular formula is C22H39NO2. The summed E-state index contributed by atoms with van der Waals surface area (Å²) in [4.78, 5) is 11.5. The number of allylic oxidation sites excluding steroid dienone is 5. The van der Waals surface area contributed by atoms with E-state index in [0.29, 0.717) is 13.2 Å². The van der Waals surface area contributed by atoms with Crippen LogP contribution in [0.15, 0.2) is 34.9 Å². The number of nitrogens with one attached hydrogen (secondary N) is 1. The smallest absolute Gasteiger partial charge is 0.407 e. The molecule has 0 fully saturated rings. The van der Waals surface area contributed by atoms with Crippen LogP contribution in [0.25, 0.3) is 0 Å². The highest BCUT2D eigenvalue weighted by Gasteiger charge is 1.99. The van der Waals surface area contributed by atoms with E-state index in [9.17, 15) is 4.79 Å². The molecule has 0 rings (SSSR count). The lowest BCUT2D eigenvalue weighted by Gasteiger charge is -2.06. The van der Waals surface area contributed by atoms with Gasteiger partial charge in [0.05, 0.1) is 0 Å². The average molecular weight is 350 g/mol. The van der Waals surface area contributed by atoms with Crippen LogP contribution in [0.2, 0.25) is 0 Å². The van der Waals surface area contributed by atoms with Gasteiger partial charge in [-0.2, -0.15) is 0 Å². The lowest BCUT2D eigenvalue weighted by molar-refractivity contribution is 0.158. The van der Waals surface area contributed by atoms with Crippen LogP contribution in [0.5, 0.6) is 0 Å². The van der Waals surface area contributed by atoms with E-state index in [0.717, 1.165) is 38.5 Å². The van der Waals surface area contributed by atoms with Crippen LogP contribution in [-0.4, -0.2) is 19.2 Å². The Morgan fingerprint density at radius 3 is 2.16 bits per heavy atom. The van der Waals surface area contributed by atoms with Crippen LogP contribution in [0.1, 0.15) is 86.0 Å². The molecule has 0 heterocycles. The van der Waals surface area contributed by atoms with Crippen LogP contribution < -0.4 is 5.32 Å². The fourth-order valence-corrected chi connectivity index (χ4v) is 2.39. The van der Waals surface area contributed by atoms with Crippen molar-refractivity contribution in [2.75, 3.05) is 13.2 Å². The number of unbranched alkanes of at least 4 members (excludes halogenated alkanes) is 3. The molecule has 0 aromatic heterocycles. The summed E-state index contributed by atoms with van der Waals surface area (Å²) >= 11 is 0. The van der Waals surface area contributed by atoms with Crippen molar-refractivity contribution in [3.05, 3.63) is 34.9 Å². The molecule has 0 atom stereocenters. The molecule has 0 bridgehead atoms. The first-order valence-corrected chi connectivity index (χ1v) is 9.81. The maximum Gasteiger partial charge on any atom is 0.407 e. The highest BCUT2D eigenvalue weighted by atomic mass is 16.5. The largest absolute Gasteiger partial charge is 0.445 e. The Morgan fingerprint density at radius 1 is 0.880 bits per heavy atom. The van der Waals surface area contributed by atoms with E-state index < -0.39 is 0 Å². The minimum atomic E-state index is -0.310. The molecule has 0 saturated carbocycles. The van der Waals surface area contributed by atoms with Crippen molar-refractivity contribution < 1.29 is 9.53 Å². The van der Waals surface area contributed by atoms with Gasteiger partial charge in [0.15, 0.2) is 0 Å². The maximum absolute atomic E-state index is 11.5. The Kier molecular flexibility index (Phi) is 15.0. The quantitative estimate of drug-likeness (QED) is 0.296. The third-order valence-electron chi connectivity index (χ3n) is 4.07. The monoisotopic (exact) mass is 349 g/mol. The van der Waals surface area contributed by atoms with Crippen LogP contribution >= 0.6 is 0 Å². The molecule has 0 unspecified atom stereocenters. The minimum Gasteiger partial charge on any atom is -0.445 e. The Labute approximate surface area is 155 Å². The Bertz CT molecular complexity index is 443. The molecule has 0 aromatic rings. The molecule has 0 aromatic carbocycles. The summed E-state index contributed by atoms with van der Waals surface area (Å²) in [6.45, 7) is 11.8. The van der Waals surface area contributed by atoms with Crippen LogP contribution in [0.3, 0.4) is 0 Å². The highest BCUT2D eigenvalue weighted by Crippen LogP contribution is 2.11. The Morgan fingerprint density at radius 2 is 1.52 bits per heavy atom. The summed E-state index contributed by atoms with van der Waals surface area (Å²) < 4.78 is 5.17. The van der Waals surface area contributed by atoms with Gasteiger partial charge in [-0.1, -0.05) is 55.1 Å². The van der Waals surface area contributed by atoms with Crippen LogP contribution in [-0.2, 0) is 4.74 Å². The van der Waals surface area contributed by atoms with E-state index in [2.05, 4.69) is 52.1 Å². The van der Waals surface area contributed by atoms with E-state index in [1.54, 1.807) is 0 Å².